The molecule has 6 heteroatoms. The van der Waals surface area contributed by atoms with Crippen LogP contribution in [0.5, 0.6) is 0 Å². The van der Waals surface area contributed by atoms with Crippen molar-refractivity contribution in [3.63, 3.8) is 0 Å². The molecule has 0 radical (unpaired) electrons. The summed E-state index contributed by atoms with van der Waals surface area (Å²) >= 11 is 11.9. The number of carbonyl (C=O) groups is 1. The summed E-state index contributed by atoms with van der Waals surface area (Å²) in [5, 5.41) is 3.69. The van der Waals surface area contributed by atoms with Crippen molar-refractivity contribution in [1.29, 1.82) is 0 Å². The maximum Gasteiger partial charge on any atom is 0.277 e. The number of nitrogens with one attached hydrogen (secondary N) is 1. The molecular weight excluding hydrogens is 347 g/mol. The van der Waals surface area contributed by atoms with Crippen molar-refractivity contribution in [3.05, 3.63) is 69.5 Å². The fourth-order valence-corrected chi connectivity index (χ4v) is 2.51. The average Bonchev–Trinajstić information content (AvgIpc) is 3.04. The van der Waals surface area contributed by atoms with Crippen molar-refractivity contribution in [2.75, 3.05) is 5.32 Å². The second-order valence-electron chi connectivity index (χ2n) is 5.37. The Labute approximate surface area is 149 Å². The van der Waals surface area contributed by atoms with Gasteiger partial charge in [-0.15, -0.1) is 0 Å². The molecule has 2 aromatic carbocycles. The topological polar surface area (TPSA) is 55.1 Å². The van der Waals surface area contributed by atoms with Crippen LogP contribution in [0.1, 0.15) is 21.6 Å². The first-order valence-electron chi connectivity index (χ1n) is 7.24. The van der Waals surface area contributed by atoms with Gasteiger partial charge in [0.1, 0.15) is 6.26 Å². The summed E-state index contributed by atoms with van der Waals surface area (Å²) in [6.07, 6.45) is 1.32. The van der Waals surface area contributed by atoms with Crippen molar-refractivity contribution in [2.45, 2.75) is 13.8 Å². The maximum atomic E-state index is 12.4. The van der Waals surface area contributed by atoms with Crippen molar-refractivity contribution < 1.29 is 9.21 Å². The number of rotatable bonds is 3. The van der Waals surface area contributed by atoms with Gasteiger partial charge in [-0.3, -0.25) is 4.79 Å². The number of benzene rings is 2. The predicted octanol–water partition coefficient (Wildman–Crippen LogP) is 5.52. The number of aryl methyl sites for hydroxylation is 1. The normalized spacial score (nSPS) is 10.7. The Morgan fingerprint density at radius 1 is 1.12 bits per heavy atom. The molecule has 0 aliphatic rings. The van der Waals surface area contributed by atoms with Gasteiger partial charge in [0.2, 0.25) is 5.89 Å². The Morgan fingerprint density at radius 3 is 2.67 bits per heavy atom. The van der Waals surface area contributed by atoms with Crippen LogP contribution >= 0.6 is 23.2 Å². The molecule has 0 saturated heterocycles. The highest BCUT2D eigenvalue weighted by Gasteiger charge is 2.15. The molecule has 0 unspecified atom stereocenters. The number of halogens is 2. The second-order valence-corrected chi connectivity index (χ2v) is 6.18. The van der Waals surface area contributed by atoms with Crippen LogP contribution < -0.4 is 5.32 Å². The average molecular weight is 361 g/mol. The molecule has 0 bridgehead atoms. The molecule has 0 aliphatic heterocycles. The minimum atomic E-state index is -0.334. The molecule has 0 saturated carbocycles. The fourth-order valence-electron chi connectivity index (χ4n) is 2.21. The highest BCUT2D eigenvalue weighted by molar-refractivity contribution is 6.42. The van der Waals surface area contributed by atoms with Gasteiger partial charge in [-0.25, -0.2) is 4.98 Å². The Kier molecular flexibility index (Phi) is 4.60. The molecule has 122 valence electrons. The van der Waals surface area contributed by atoms with Gasteiger partial charge in [0.25, 0.3) is 5.91 Å². The highest BCUT2D eigenvalue weighted by atomic mass is 35.5. The summed E-state index contributed by atoms with van der Waals surface area (Å²) in [6.45, 7) is 3.94. The van der Waals surface area contributed by atoms with Gasteiger partial charge in [-0.05, 0) is 49.2 Å². The van der Waals surface area contributed by atoms with E-state index < -0.39 is 0 Å². The molecule has 3 aromatic rings. The van der Waals surface area contributed by atoms with E-state index in [1.54, 1.807) is 18.2 Å². The lowest BCUT2D eigenvalue weighted by Crippen LogP contribution is -2.13. The summed E-state index contributed by atoms with van der Waals surface area (Å²) in [7, 11) is 0. The molecular formula is C18H14Cl2N2O2. The lowest BCUT2D eigenvalue weighted by molar-refractivity contribution is 0.102. The zero-order valence-electron chi connectivity index (χ0n) is 13.1. The minimum absolute atomic E-state index is 0.192. The lowest BCUT2D eigenvalue weighted by atomic mass is 10.1. The number of anilines is 1. The van der Waals surface area contributed by atoms with Crippen LogP contribution in [0.3, 0.4) is 0 Å². The van der Waals surface area contributed by atoms with Crippen molar-refractivity contribution in [1.82, 2.24) is 4.98 Å². The smallest absolute Gasteiger partial charge is 0.277 e. The van der Waals surface area contributed by atoms with Crippen LogP contribution in [0.2, 0.25) is 10.0 Å². The first-order chi connectivity index (χ1) is 11.5. The van der Waals surface area contributed by atoms with E-state index in [0.717, 1.165) is 16.8 Å². The zero-order chi connectivity index (χ0) is 17.3. The molecule has 4 nitrogen and oxygen atoms in total. The first-order valence-corrected chi connectivity index (χ1v) is 8.00. The van der Waals surface area contributed by atoms with Gasteiger partial charge in [-0.2, -0.15) is 0 Å². The van der Waals surface area contributed by atoms with E-state index in [1.807, 2.05) is 32.0 Å². The van der Waals surface area contributed by atoms with Gasteiger partial charge in [0, 0.05) is 11.3 Å². The SMILES string of the molecule is Cc1cccc(NC(=O)c2coc(-c3ccc(Cl)c(Cl)c3)n2)c1C. The van der Waals surface area contributed by atoms with E-state index in [1.165, 1.54) is 6.26 Å². The molecule has 0 spiro atoms. The van der Waals surface area contributed by atoms with Gasteiger partial charge in [0.15, 0.2) is 5.69 Å². The quantitative estimate of drug-likeness (QED) is 0.669. The van der Waals surface area contributed by atoms with Gasteiger partial charge in [0.05, 0.1) is 10.0 Å². The van der Waals surface area contributed by atoms with Gasteiger partial charge < -0.3 is 9.73 Å². The Bertz CT molecular complexity index is 919. The molecule has 1 amide bonds. The summed E-state index contributed by atoms with van der Waals surface area (Å²) in [6, 6.07) is 10.7. The molecule has 1 heterocycles. The number of aromatic nitrogens is 1. The van der Waals surface area contributed by atoms with Gasteiger partial charge >= 0.3 is 0 Å². The minimum Gasteiger partial charge on any atom is -0.444 e. The van der Waals surface area contributed by atoms with E-state index in [-0.39, 0.29) is 11.6 Å². The Morgan fingerprint density at radius 2 is 1.92 bits per heavy atom. The Hall–Kier alpha value is -2.30. The summed E-state index contributed by atoms with van der Waals surface area (Å²) in [5.74, 6) is -0.0292. The molecule has 1 aromatic heterocycles. The summed E-state index contributed by atoms with van der Waals surface area (Å²) in [5.41, 5.74) is 3.70. The van der Waals surface area contributed by atoms with Crippen molar-refractivity contribution in [2.24, 2.45) is 0 Å². The number of nitrogens with zero attached hydrogens (tertiary/aromatic N) is 1. The number of oxazole rings is 1. The fraction of sp³-hybridized carbons (Fsp3) is 0.111. The Balaban J connectivity index is 1.83. The summed E-state index contributed by atoms with van der Waals surface area (Å²) < 4.78 is 5.38. The lowest BCUT2D eigenvalue weighted by Gasteiger charge is -2.08. The van der Waals surface area contributed by atoms with E-state index in [0.29, 0.717) is 21.5 Å². The molecule has 24 heavy (non-hydrogen) atoms. The molecule has 0 atom stereocenters. The third-order valence-electron chi connectivity index (χ3n) is 3.76. The van der Waals surface area contributed by atoms with Crippen LogP contribution in [0.15, 0.2) is 47.1 Å². The van der Waals surface area contributed by atoms with Crippen LogP contribution in [0, 0.1) is 13.8 Å². The van der Waals surface area contributed by atoms with E-state index in [4.69, 9.17) is 27.6 Å². The van der Waals surface area contributed by atoms with Crippen LogP contribution in [0.4, 0.5) is 5.69 Å². The predicted molar refractivity (Wildman–Crippen MR) is 95.8 cm³/mol. The third-order valence-corrected chi connectivity index (χ3v) is 4.50. The van der Waals surface area contributed by atoms with E-state index in [9.17, 15) is 4.79 Å². The number of hydrogen-bond acceptors (Lipinski definition) is 3. The maximum absolute atomic E-state index is 12.4. The highest BCUT2D eigenvalue weighted by Crippen LogP contribution is 2.28. The van der Waals surface area contributed by atoms with Crippen LogP contribution in [0.25, 0.3) is 11.5 Å². The third kappa shape index (κ3) is 3.30. The molecule has 0 fully saturated rings. The molecule has 0 aliphatic carbocycles. The largest absolute Gasteiger partial charge is 0.444 e. The second kappa shape index (κ2) is 6.67. The van der Waals surface area contributed by atoms with Crippen LogP contribution in [-0.2, 0) is 0 Å². The number of amides is 1. The monoisotopic (exact) mass is 360 g/mol. The number of carbonyl (C=O) groups excluding carboxylic acids is 1. The van der Waals surface area contributed by atoms with Crippen LogP contribution in [-0.4, -0.2) is 10.9 Å². The van der Waals surface area contributed by atoms with E-state index in [2.05, 4.69) is 10.3 Å². The summed E-state index contributed by atoms with van der Waals surface area (Å²) in [4.78, 5) is 16.6. The molecule has 1 N–H and O–H groups in total. The zero-order valence-corrected chi connectivity index (χ0v) is 14.6. The van der Waals surface area contributed by atoms with Crippen molar-refractivity contribution in [3.8, 4) is 11.5 Å². The first kappa shape index (κ1) is 16.6. The standard InChI is InChI=1S/C18H14Cl2N2O2/c1-10-4-3-5-15(11(10)2)21-17(23)16-9-24-18(22-16)12-6-7-13(19)14(20)8-12/h3-9H,1-2H3,(H,21,23). The van der Waals surface area contributed by atoms with Crippen molar-refractivity contribution >= 4 is 34.8 Å². The molecule has 3 rings (SSSR count). The number of hydrogen-bond donors (Lipinski definition) is 1. The van der Waals surface area contributed by atoms with E-state index >= 15 is 0 Å². The van der Waals surface area contributed by atoms with Gasteiger partial charge in [-0.1, -0.05) is 35.3 Å².